The Balaban J connectivity index is 0.000000716. The summed E-state index contributed by atoms with van der Waals surface area (Å²) in [6.45, 7) is -0.569. The van der Waals surface area contributed by atoms with Crippen LogP contribution in [0.4, 0.5) is 11.4 Å². The standard InChI is InChI=1S/C20H14I6N2O6.C7H17NO5/c21-7-5-9(23)17(15(25)13(7)19(31)32)27-11(29)3-1-2-4-12(30)28-18-10(24)6-8(22)14(16(18)26)20(33)34;1-8-2-4(10)6(12)7(13)5(11)3-9/h5-6H,1-4H2,(H,27,29)(H,28,30)(H,31,32)(H,33,34);4-13H,2-3H2,1H3/t;4-,5+,6+,7+/m.0/s1. The van der Waals surface area contributed by atoms with Crippen LogP contribution in [0.1, 0.15) is 46.4 Å². The summed E-state index contributed by atoms with van der Waals surface area (Å²) in [5.74, 6) is -2.64. The number of hydrogen-bond donors (Lipinski definition) is 10. The van der Waals surface area contributed by atoms with Gasteiger partial charge in [-0.1, -0.05) is 0 Å². The lowest BCUT2D eigenvalue weighted by Gasteiger charge is -2.25. The minimum atomic E-state index is -1.55. The van der Waals surface area contributed by atoms with Gasteiger partial charge in [-0.3, -0.25) is 9.59 Å². The molecule has 4 atom stereocenters. The molecule has 0 aromatic heterocycles. The lowest BCUT2D eigenvalue weighted by molar-refractivity contribution is -0.118. The van der Waals surface area contributed by atoms with Crippen molar-refractivity contribution in [3.63, 3.8) is 0 Å². The summed E-state index contributed by atoms with van der Waals surface area (Å²) in [6.07, 6.45) is -4.37. The van der Waals surface area contributed by atoms with E-state index in [9.17, 15) is 34.5 Å². The lowest BCUT2D eigenvalue weighted by Crippen LogP contribution is -2.48. The first kappa shape index (κ1) is 45.5. The molecule has 0 aliphatic rings. The molecule has 2 rings (SSSR count). The van der Waals surface area contributed by atoms with Gasteiger partial charge in [0.25, 0.3) is 0 Å². The smallest absolute Gasteiger partial charge is 0.337 e. The monoisotopic (exact) mass is 1330 g/mol. The van der Waals surface area contributed by atoms with Crippen LogP contribution >= 0.6 is 136 Å². The number of carbonyl (C=O) groups is 4. The number of unbranched alkanes of at least 4 members (excludes halogenated alkanes) is 1. The molecule has 0 saturated carbocycles. The molecule has 2 amide bonds. The van der Waals surface area contributed by atoms with Crippen molar-refractivity contribution in [2.75, 3.05) is 30.8 Å². The second kappa shape index (κ2) is 22.4. The van der Waals surface area contributed by atoms with Crippen LogP contribution in [0.3, 0.4) is 0 Å². The lowest BCUT2D eigenvalue weighted by atomic mass is 10.0. The SMILES string of the molecule is CNC[C@H](O)[C@@H](O)[C@H](O)[C@H](O)CO.O=C(CCCCC(=O)Nc1c(I)cc(I)c(C(=O)O)c1I)Nc1c(I)cc(I)c(C(=O)O)c1I. The van der Waals surface area contributed by atoms with Crippen LogP contribution in [-0.2, 0) is 9.59 Å². The number of likely N-dealkylation sites (N-methyl/N-ethyl adjacent to an activating group) is 1. The second-order valence-corrected chi connectivity index (χ2v) is 16.4. The number of aliphatic hydroxyl groups excluding tert-OH is 5. The van der Waals surface area contributed by atoms with E-state index in [0.717, 1.165) is 7.14 Å². The summed E-state index contributed by atoms with van der Waals surface area (Å²) in [7, 11) is 1.57. The van der Waals surface area contributed by atoms with Crippen LogP contribution in [0.15, 0.2) is 12.1 Å². The molecule has 20 heteroatoms. The van der Waals surface area contributed by atoms with Gasteiger partial charge < -0.3 is 51.7 Å². The number of anilines is 2. The number of amides is 2. The molecular weight excluding hydrogens is 1300 g/mol. The molecule has 0 aliphatic carbocycles. The van der Waals surface area contributed by atoms with Gasteiger partial charge in [-0.15, -0.1) is 0 Å². The first-order chi connectivity index (χ1) is 21.9. The van der Waals surface area contributed by atoms with Crippen LogP contribution in [-0.4, -0.2) is 104 Å². The predicted octanol–water partition coefficient (Wildman–Crippen LogP) is 3.49. The molecule has 262 valence electrons. The van der Waals surface area contributed by atoms with Crippen molar-refractivity contribution < 1.29 is 54.9 Å². The summed E-state index contributed by atoms with van der Waals surface area (Å²) in [4.78, 5) is 47.9. The summed E-state index contributed by atoms with van der Waals surface area (Å²) in [5.41, 5.74) is 1.25. The van der Waals surface area contributed by atoms with Gasteiger partial charge >= 0.3 is 11.9 Å². The molecule has 14 nitrogen and oxygen atoms in total. The molecule has 0 unspecified atom stereocenters. The van der Waals surface area contributed by atoms with E-state index in [1.54, 1.807) is 19.2 Å². The average Bonchev–Trinajstić information content (AvgIpc) is 2.98. The third-order valence-electron chi connectivity index (χ3n) is 6.09. The fourth-order valence-electron chi connectivity index (χ4n) is 3.67. The summed E-state index contributed by atoms with van der Waals surface area (Å²) in [5, 5.41) is 71.9. The highest BCUT2D eigenvalue weighted by molar-refractivity contribution is 14.1. The molecule has 0 bridgehead atoms. The number of aromatic carboxylic acids is 2. The highest BCUT2D eigenvalue weighted by Gasteiger charge is 2.29. The number of nitrogens with one attached hydrogen (secondary N) is 3. The number of halogens is 6. The van der Waals surface area contributed by atoms with Crippen LogP contribution in [0.5, 0.6) is 0 Å². The molecule has 0 aliphatic heterocycles. The summed E-state index contributed by atoms with van der Waals surface area (Å²) >= 11 is 11.9. The van der Waals surface area contributed by atoms with Gasteiger partial charge in [-0.05, 0) is 168 Å². The molecule has 0 spiro atoms. The van der Waals surface area contributed by atoms with Crippen LogP contribution < -0.4 is 16.0 Å². The molecule has 2 aromatic rings. The van der Waals surface area contributed by atoms with E-state index in [-0.39, 0.29) is 42.3 Å². The van der Waals surface area contributed by atoms with Gasteiger partial charge in [-0.25, -0.2) is 9.59 Å². The predicted molar refractivity (Wildman–Crippen MR) is 224 cm³/mol. The fourth-order valence-corrected chi connectivity index (χ4v) is 11.9. The van der Waals surface area contributed by atoms with Crippen LogP contribution in [0.25, 0.3) is 0 Å². The van der Waals surface area contributed by atoms with Crippen molar-refractivity contribution in [3.8, 4) is 0 Å². The van der Waals surface area contributed by atoms with E-state index in [4.69, 9.17) is 20.4 Å². The summed E-state index contributed by atoms with van der Waals surface area (Å²) < 4.78 is 3.61. The normalized spacial score (nSPS) is 13.4. The zero-order valence-electron chi connectivity index (χ0n) is 24.2. The van der Waals surface area contributed by atoms with E-state index in [1.807, 2.05) is 90.4 Å². The third kappa shape index (κ3) is 14.2. The van der Waals surface area contributed by atoms with E-state index in [0.29, 0.717) is 38.5 Å². The number of hydrogen-bond acceptors (Lipinski definition) is 10. The van der Waals surface area contributed by atoms with Crippen LogP contribution in [0.2, 0.25) is 0 Å². The quantitative estimate of drug-likeness (QED) is 0.0911. The Bertz CT molecular complexity index is 1360. The highest BCUT2D eigenvalue weighted by Crippen LogP contribution is 2.33. The van der Waals surface area contributed by atoms with Crippen LogP contribution in [0, 0.1) is 21.4 Å². The Morgan fingerprint density at radius 2 is 1.02 bits per heavy atom. The van der Waals surface area contributed by atoms with Crippen molar-refractivity contribution in [2.24, 2.45) is 0 Å². The van der Waals surface area contributed by atoms with E-state index in [1.165, 1.54) is 0 Å². The zero-order valence-corrected chi connectivity index (χ0v) is 37.2. The largest absolute Gasteiger partial charge is 0.478 e. The van der Waals surface area contributed by atoms with Gasteiger partial charge in [0.1, 0.15) is 18.3 Å². The maximum atomic E-state index is 12.4. The average molecular weight is 1330 g/mol. The molecule has 0 fully saturated rings. The highest BCUT2D eigenvalue weighted by atomic mass is 127. The molecular formula is C27H31I6N3O11. The minimum absolute atomic E-state index is 0.0936. The van der Waals surface area contributed by atoms with E-state index < -0.39 is 43.0 Å². The van der Waals surface area contributed by atoms with Crippen molar-refractivity contribution in [1.29, 1.82) is 0 Å². The van der Waals surface area contributed by atoms with E-state index >= 15 is 0 Å². The molecule has 0 radical (unpaired) electrons. The first-order valence-corrected chi connectivity index (χ1v) is 19.8. The second-order valence-electron chi connectivity index (χ2n) is 9.58. The van der Waals surface area contributed by atoms with Gasteiger partial charge in [0.2, 0.25) is 11.8 Å². The number of benzene rings is 2. The number of carboxylic acid groups (broad SMARTS) is 2. The maximum Gasteiger partial charge on any atom is 0.337 e. The number of carboxylic acids is 2. The fraction of sp³-hybridized carbons (Fsp3) is 0.407. The Morgan fingerprint density at radius 3 is 1.34 bits per heavy atom. The Hall–Kier alpha value is 0.460. The third-order valence-corrected chi connectivity index (χ3v) is 11.7. The number of aliphatic hydroxyl groups is 5. The van der Waals surface area contributed by atoms with Crippen molar-refractivity contribution in [3.05, 3.63) is 44.7 Å². The zero-order chi connectivity index (χ0) is 36.2. The van der Waals surface area contributed by atoms with Gasteiger partial charge in [-0.2, -0.15) is 0 Å². The topological polar surface area (TPSA) is 246 Å². The van der Waals surface area contributed by atoms with Gasteiger partial charge in [0.05, 0.1) is 42.4 Å². The number of rotatable bonds is 15. The van der Waals surface area contributed by atoms with Crippen molar-refractivity contribution in [1.82, 2.24) is 5.32 Å². The van der Waals surface area contributed by atoms with Crippen molar-refractivity contribution >= 4 is 171 Å². The molecule has 2 aromatic carbocycles. The Kier molecular flexibility index (Phi) is 21.7. The molecule has 0 saturated heterocycles. The molecule has 10 N–H and O–H groups in total. The maximum absolute atomic E-state index is 12.4. The number of carbonyl (C=O) groups excluding carboxylic acids is 2. The van der Waals surface area contributed by atoms with Gasteiger partial charge in [0.15, 0.2) is 0 Å². The Labute approximate surface area is 351 Å². The minimum Gasteiger partial charge on any atom is -0.478 e. The summed E-state index contributed by atoms with van der Waals surface area (Å²) in [6, 6.07) is 3.41. The molecule has 47 heavy (non-hydrogen) atoms. The first-order valence-electron chi connectivity index (χ1n) is 13.3. The Morgan fingerprint density at radius 1 is 0.660 bits per heavy atom. The van der Waals surface area contributed by atoms with Gasteiger partial charge in [0, 0.05) is 33.7 Å². The van der Waals surface area contributed by atoms with Crippen molar-refractivity contribution in [2.45, 2.75) is 50.1 Å². The van der Waals surface area contributed by atoms with E-state index in [2.05, 4.69) is 61.1 Å². The molecule has 0 heterocycles.